The fourth-order valence-corrected chi connectivity index (χ4v) is 5.79. The molecule has 2 N–H and O–H groups in total. The quantitative estimate of drug-likeness (QED) is 0.345. The molecule has 1 aromatic heterocycles. The number of hydrogen-bond donors (Lipinski definition) is 2. The number of aliphatic hydroxyl groups excluding tert-OH is 1. The molecule has 2 heterocycles. The number of hydrogen-bond acceptors (Lipinski definition) is 5. The average Bonchev–Trinajstić information content (AvgIpc) is 3.67. The van der Waals surface area contributed by atoms with Crippen LogP contribution in [0.15, 0.2) is 18.3 Å². The monoisotopic (exact) mass is 455 g/mol. The Bertz CT molecular complexity index is 800. The maximum atomic E-state index is 11.3. The Morgan fingerprint density at radius 1 is 1.24 bits per heavy atom. The molecule has 5 atom stereocenters. The molecule has 1 aromatic rings. The third kappa shape index (κ3) is 5.70. The fraction of sp³-hybridized carbons (Fsp3) is 0.750. The zero-order valence-electron chi connectivity index (χ0n) is 21.2. The minimum absolute atomic E-state index is 0.0644. The van der Waals surface area contributed by atoms with Crippen molar-refractivity contribution < 1.29 is 9.84 Å². The molecule has 5 heteroatoms. The van der Waals surface area contributed by atoms with Crippen molar-refractivity contribution in [3.63, 3.8) is 0 Å². The van der Waals surface area contributed by atoms with Crippen molar-refractivity contribution in [3.05, 3.63) is 35.2 Å². The zero-order valence-corrected chi connectivity index (χ0v) is 21.2. The van der Waals surface area contributed by atoms with Crippen LogP contribution in [0.4, 0.5) is 0 Å². The molecule has 2 aliphatic carbocycles. The van der Waals surface area contributed by atoms with Gasteiger partial charge in [-0.25, -0.2) is 0 Å². The molecular formula is C28H45N3O2. The molecule has 33 heavy (non-hydrogen) atoms. The molecule has 0 aromatic carbocycles. The van der Waals surface area contributed by atoms with Gasteiger partial charge < -0.3 is 15.2 Å². The number of rotatable bonds is 11. The van der Waals surface area contributed by atoms with E-state index in [2.05, 4.69) is 56.3 Å². The van der Waals surface area contributed by atoms with Crippen LogP contribution in [0.3, 0.4) is 0 Å². The smallest absolute Gasteiger partial charge is 0.135 e. The van der Waals surface area contributed by atoms with Crippen molar-refractivity contribution in [2.75, 3.05) is 19.7 Å². The summed E-state index contributed by atoms with van der Waals surface area (Å²) in [6.07, 6.45) is 13.6. The van der Waals surface area contributed by atoms with Gasteiger partial charge in [-0.2, -0.15) is 0 Å². The van der Waals surface area contributed by atoms with Crippen LogP contribution in [0.5, 0.6) is 0 Å². The van der Waals surface area contributed by atoms with E-state index in [1.807, 2.05) is 0 Å². The lowest BCUT2D eigenvalue weighted by Crippen LogP contribution is -2.53. The summed E-state index contributed by atoms with van der Waals surface area (Å²) >= 11 is 0. The van der Waals surface area contributed by atoms with E-state index < -0.39 is 6.23 Å². The van der Waals surface area contributed by atoms with Crippen LogP contribution < -0.4 is 5.32 Å². The van der Waals surface area contributed by atoms with E-state index in [-0.39, 0.29) is 12.1 Å². The van der Waals surface area contributed by atoms with E-state index in [1.165, 1.54) is 42.4 Å². The third-order valence-electron chi connectivity index (χ3n) is 7.95. The average molecular weight is 456 g/mol. The number of aromatic nitrogens is 1. The number of fused-ring (bicyclic) bond motifs is 1. The summed E-state index contributed by atoms with van der Waals surface area (Å²) < 4.78 is 5.91. The van der Waals surface area contributed by atoms with E-state index >= 15 is 0 Å². The van der Waals surface area contributed by atoms with Gasteiger partial charge in [0.15, 0.2) is 0 Å². The molecule has 1 saturated carbocycles. The van der Waals surface area contributed by atoms with Crippen LogP contribution in [0.25, 0.3) is 5.57 Å². The number of nitrogens with one attached hydrogen (secondary N) is 1. The molecule has 0 bridgehead atoms. The number of pyridine rings is 1. The van der Waals surface area contributed by atoms with Crippen molar-refractivity contribution in [1.29, 1.82) is 0 Å². The summed E-state index contributed by atoms with van der Waals surface area (Å²) in [5.41, 5.74) is 5.38. The van der Waals surface area contributed by atoms with E-state index in [9.17, 15) is 5.11 Å². The topological polar surface area (TPSA) is 57.6 Å². The Labute approximate surface area is 201 Å². The highest BCUT2D eigenvalue weighted by molar-refractivity contribution is 5.71. The number of morpholine rings is 1. The highest BCUT2D eigenvalue weighted by atomic mass is 16.5. The van der Waals surface area contributed by atoms with E-state index in [0.717, 1.165) is 37.9 Å². The van der Waals surface area contributed by atoms with E-state index in [4.69, 9.17) is 9.72 Å². The first kappa shape index (κ1) is 24.8. The maximum Gasteiger partial charge on any atom is 0.135 e. The summed E-state index contributed by atoms with van der Waals surface area (Å²) in [5.74, 6) is 1.12. The number of ether oxygens (including phenoxy) is 1. The lowest BCUT2D eigenvalue weighted by molar-refractivity contribution is -0.135. The van der Waals surface area contributed by atoms with Crippen LogP contribution in [0, 0.1) is 5.92 Å². The van der Waals surface area contributed by atoms with Gasteiger partial charge in [0.2, 0.25) is 0 Å². The highest BCUT2D eigenvalue weighted by Crippen LogP contribution is 2.43. The molecule has 2 fully saturated rings. The molecule has 5 nitrogen and oxygen atoms in total. The van der Waals surface area contributed by atoms with Gasteiger partial charge in [0.05, 0.1) is 18.3 Å². The second kappa shape index (κ2) is 11.4. The van der Waals surface area contributed by atoms with Gasteiger partial charge in [-0.15, -0.1) is 0 Å². The van der Waals surface area contributed by atoms with Crippen molar-refractivity contribution in [2.45, 2.75) is 109 Å². The molecule has 1 aliphatic heterocycles. The minimum Gasteiger partial charge on any atom is -0.376 e. The predicted molar refractivity (Wildman–Crippen MR) is 135 cm³/mol. The molecule has 4 rings (SSSR count). The van der Waals surface area contributed by atoms with Gasteiger partial charge in [0.1, 0.15) is 12.3 Å². The third-order valence-corrected chi connectivity index (χ3v) is 7.95. The van der Waals surface area contributed by atoms with Crippen LogP contribution >= 0.6 is 0 Å². The van der Waals surface area contributed by atoms with Crippen LogP contribution in [0.1, 0.15) is 108 Å². The Kier molecular flexibility index (Phi) is 8.61. The van der Waals surface area contributed by atoms with Gasteiger partial charge >= 0.3 is 0 Å². The van der Waals surface area contributed by atoms with Gasteiger partial charge in [-0.1, -0.05) is 52.5 Å². The van der Waals surface area contributed by atoms with Gasteiger partial charge in [0, 0.05) is 25.3 Å². The molecular weight excluding hydrogens is 410 g/mol. The molecule has 0 radical (unpaired) electrons. The summed E-state index contributed by atoms with van der Waals surface area (Å²) in [7, 11) is 0. The SMILES string of the molecule is CCCCCC1C=C(CCC)c2cnc([C@@H](C)N(C3CC3)C(O)[C@H]3CNCCO3)cc2C1C. The van der Waals surface area contributed by atoms with Crippen molar-refractivity contribution in [1.82, 2.24) is 15.2 Å². The maximum absolute atomic E-state index is 11.3. The Morgan fingerprint density at radius 2 is 2.06 bits per heavy atom. The van der Waals surface area contributed by atoms with Crippen molar-refractivity contribution in [2.24, 2.45) is 5.92 Å². The van der Waals surface area contributed by atoms with Crippen molar-refractivity contribution >= 4 is 5.57 Å². The second-order valence-corrected chi connectivity index (χ2v) is 10.5. The number of unbranched alkanes of at least 4 members (excludes halogenated alkanes) is 2. The minimum atomic E-state index is -0.604. The van der Waals surface area contributed by atoms with Crippen molar-refractivity contribution in [3.8, 4) is 0 Å². The Balaban J connectivity index is 1.58. The van der Waals surface area contributed by atoms with Crippen LogP contribution in [-0.4, -0.2) is 53.1 Å². The van der Waals surface area contributed by atoms with Crippen LogP contribution in [-0.2, 0) is 4.74 Å². The molecule has 0 spiro atoms. The normalized spacial score (nSPS) is 27.2. The number of allylic oxidation sites excluding steroid dienone is 2. The summed E-state index contributed by atoms with van der Waals surface area (Å²) in [6.45, 7) is 11.4. The van der Waals surface area contributed by atoms with E-state index in [1.54, 1.807) is 0 Å². The predicted octanol–water partition coefficient (Wildman–Crippen LogP) is 5.41. The molecule has 184 valence electrons. The molecule has 3 aliphatic rings. The lowest BCUT2D eigenvalue weighted by Gasteiger charge is -2.39. The molecule has 0 amide bonds. The summed E-state index contributed by atoms with van der Waals surface area (Å²) in [5, 5.41) is 14.6. The second-order valence-electron chi connectivity index (χ2n) is 10.5. The van der Waals surface area contributed by atoms with E-state index in [0.29, 0.717) is 31.0 Å². The van der Waals surface area contributed by atoms with Gasteiger partial charge in [0.25, 0.3) is 0 Å². The largest absolute Gasteiger partial charge is 0.376 e. The highest BCUT2D eigenvalue weighted by Gasteiger charge is 2.41. The Hall–Kier alpha value is -1.27. The zero-order chi connectivity index (χ0) is 23.4. The van der Waals surface area contributed by atoms with Gasteiger partial charge in [-0.3, -0.25) is 9.88 Å². The Morgan fingerprint density at radius 3 is 2.73 bits per heavy atom. The summed E-state index contributed by atoms with van der Waals surface area (Å²) in [6, 6.07) is 2.85. The fourth-order valence-electron chi connectivity index (χ4n) is 5.79. The number of nitrogens with zero attached hydrogens (tertiary/aromatic N) is 2. The van der Waals surface area contributed by atoms with Crippen LogP contribution in [0.2, 0.25) is 0 Å². The summed E-state index contributed by atoms with van der Waals surface area (Å²) in [4.78, 5) is 7.23. The van der Waals surface area contributed by atoms with Gasteiger partial charge in [-0.05, 0) is 67.2 Å². The molecule has 3 unspecified atom stereocenters. The number of aliphatic hydroxyl groups is 1. The first-order valence-electron chi connectivity index (χ1n) is 13.5. The lowest BCUT2D eigenvalue weighted by atomic mass is 9.74. The standard InChI is InChI=1S/C28H45N3O2/c1-5-7-8-10-21-15-22(9-6-2)25-17-30-26(16-24(25)19(21)3)20(4)31(23-11-12-23)28(32)27-18-29-13-14-33-27/h15-17,19-21,23,27-29,32H,5-14,18H2,1-4H3/t19?,20-,21?,27-,28?/m1/s1. The first-order valence-corrected chi connectivity index (χ1v) is 13.5. The first-order chi connectivity index (χ1) is 16.0. The molecule has 1 saturated heterocycles.